The van der Waals surface area contributed by atoms with Gasteiger partial charge >= 0.3 is 0 Å². The van der Waals surface area contributed by atoms with Gasteiger partial charge in [0.2, 0.25) is 0 Å². The van der Waals surface area contributed by atoms with Crippen molar-refractivity contribution in [2.45, 2.75) is 18.9 Å². The van der Waals surface area contributed by atoms with Gasteiger partial charge in [-0.3, -0.25) is 10.2 Å². The molecular weight excluding hydrogens is 342 g/mol. The number of amidine groups is 1. The Hall–Kier alpha value is -3.28. The van der Waals surface area contributed by atoms with E-state index in [1.54, 1.807) is 12.0 Å². The zero-order valence-electron chi connectivity index (χ0n) is 14.9. The number of anilines is 2. The highest BCUT2D eigenvalue weighted by Crippen LogP contribution is 2.42. The third-order valence-corrected chi connectivity index (χ3v) is 5.38. The number of ketones is 1. The number of benzene rings is 2. The van der Waals surface area contributed by atoms with Gasteiger partial charge in [0.15, 0.2) is 5.78 Å². The molecule has 2 N–H and O–H groups in total. The van der Waals surface area contributed by atoms with Crippen molar-refractivity contribution in [3.05, 3.63) is 59.3 Å². The molecule has 1 unspecified atom stereocenters. The molecule has 136 valence electrons. The fourth-order valence-electron chi connectivity index (χ4n) is 4.08. The molecule has 3 aliphatic rings. The van der Waals surface area contributed by atoms with Gasteiger partial charge in [-0.25, -0.2) is 0 Å². The number of methoxy groups -OCH3 is 1. The number of allylic oxidation sites excluding steroid dienone is 1. The topological polar surface area (TPSA) is 74.7 Å². The van der Waals surface area contributed by atoms with Crippen molar-refractivity contribution in [2.24, 2.45) is 0 Å². The van der Waals surface area contributed by atoms with E-state index < -0.39 is 6.04 Å². The van der Waals surface area contributed by atoms with E-state index in [2.05, 4.69) is 5.32 Å². The minimum atomic E-state index is -0.418. The summed E-state index contributed by atoms with van der Waals surface area (Å²) in [4.78, 5) is 15.0. The molecule has 2 aromatic carbocycles. The fraction of sp³-hybridized carbons (Fsp3) is 0.238. The Balaban J connectivity index is 1.61. The predicted octanol–water partition coefficient (Wildman–Crippen LogP) is 3.13. The molecule has 0 saturated carbocycles. The van der Waals surface area contributed by atoms with Gasteiger partial charge in [-0.1, -0.05) is 18.2 Å². The molecule has 0 amide bonds. The Morgan fingerprint density at radius 1 is 1.26 bits per heavy atom. The van der Waals surface area contributed by atoms with Crippen molar-refractivity contribution < 1.29 is 14.3 Å². The summed E-state index contributed by atoms with van der Waals surface area (Å²) in [6.07, 6.45) is 1.18. The number of fused-ring (bicyclic) bond motifs is 4. The van der Waals surface area contributed by atoms with Crippen LogP contribution >= 0.6 is 0 Å². The highest BCUT2D eigenvalue weighted by atomic mass is 16.5. The minimum absolute atomic E-state index is 0.0189. The number of carbonyl (C=O) groups is 1. The first kappa shape index (κ1) is 15.9. The van der Waals surface area contributed by atoms with Gasteiger partial charge in [0, 0.05) is 30.3 Å². The van der Waals surface area contributed by atoms with Gasteiger partial charge in [0.1, 0.15) is 23.4 Å². The van der Waals surface area contributed by atoms with Gasteiger partial charge in [0.25, 0.3) is 0 Å². The van der Waals surface area contributed by atoms with Crippen LogP contribution in [0, 0.1) is 5.41 Å². The molecule has 3 heterocycles. The summed E-state index contributed by atoms with van der Waals surface area (Å²) < 4.78 is 11.2. The highest BCUT2D eigenvalue weighted by Gasteiger charge is 2.45. The molecular formula is C21H19N3O3. The van der Waals surface area contributed by atoms with Crippen LogP contribution in [-0.2, 0) is 11.2 Å². The van der Waals surface area contributed by atoms with Crippen LogP contribution in [-0.4, -0.2) is 31.4 Å². The highest BCUT2D eigenvalue weighted by molar-refractivity contribution is 6.35. The molecule has 6 nitrogen and oxygen atoms in total. The first-order valence-electron chi connectivity index (χ1n) is 8.98. The summed E-state index contributed by atoms with van der Waals surface area (Å²) in [6.45, 7) is 0.440. The van der Waals surface area contributed by atoms with Crippen LogP contribution in [0.5, 0.6) is 11.5 Å². The Bertz CT molecular complexity index is 984. The van der Waals surface area contributed by atoms with Crippen molar-refractivity contribution in [3.8, 4) is 11.5 Å². The van der Waals surface area contributed by atoms with E-state index in [4.69, 9.17) is 14.9 Å². The average Bonchev–Trinajstić information content (AvgIpc) is 3.13. The number of hydrogen-bond acceptors (Lipinski definition) is 5. The number of carbonyl (C=O) groups excluding carboxylic acids is 1. The molecule has 27 heavy (non-hydrogen) atoms. The Morgan fingerprint density at radius 3 is 2.93 bits per heavy atom. The molecule has 3 aliphatic heterocycles. The van der Waals surface area contributed by atoms with Gasteiger partial charge in [-0.15, -0.1) is 0 Å². The second-order valence-electron chi connectivity index (χ2n) is 6.88. The molecule has 1 atom stereocenters. The van der Waals surface area contributed by atoms with Gasteiger partial charge in [0.05, 0.1) is 25.0 Å². The number of hydrogen-bond donors (Lipinski definition) is 2. The van der Waals surface area contributed by atoms with E-state index in [-0.39, 0.29) is 11.6 Å². The lowest BCUT2D eigenvalue weighted by Crippen LogP contribution is -2.34. The maximum absolute atomic E-state index is 13.2. The predicted molar refractivity (Wildman–Crippen MR) is 103 cm³/mol. The molecule has 6 heteroatoms. The van der Waals surface area contributed by atoms with Crippen molar-refractivity contribution >= 4 is 23.0 Å². The summed E-state index contributed by atoms with van der Waals surface area (Å²) in [7, 11) is 1.60. The zero-order chi connectivity index (χ0) is 18.5. The lowest BCUT2D eigenvalue weighted by atomic mass is 10.0. The van der Waals surface area contributed by atoms with E-state index in [1.165, 1.54) is 0 Å². The van der Waals surface area contributed by atoms with Crippen LogP contribution in [0.15, 0.2) is 53.7 Å². The van der Waals surface area contributed by atoms with E-state index in [0.717, 1.165) is 16.9 Å². The molecule has 1 fully saturated rings. The van der Waals surface area contributed by atoms with E-state index in [0.29, 0.717) is 42.2 Å². The van der Waals surface area contributed by atoms with Gasteiger partial charge in [-0.05, 0) is 23.8 Å². The fourth-order valence-corrected chi connectivity index (χ4v) is 4.08. The third kappa shape index (κ3) is 2.33. The summed E-state index contributed by atoms with van der Waals surface area (Å²) in [6, 6.07) is 13.1. The Kier molecular flexibility index (Phi) is 3.47. The van der Waals surface area contributed by atoms with E-state index in [9.17, 15) is 4.79 Å². The number of Topliss-reactive ketones (excluding diaryl/α,β-unsaturated/α-hetero) is 1. The monoisotopic (exact) mass is 361 g/mol. The van der Waals surface area contributed by atoms with Crippen molar-refractivity contribution in [1.29, 1.82) is 5.41 Å². The number of nitrogens with zero attached hydrogens (tertiary/aromatic N) is 1. The largest absolute Gasteiger partial charge is 0.497 e. The van der Waals surface area contributed by atoms with Crippen molar-refractivity contribution in [3.63, 3.8) is 0 Å². The Morgan fingerprint density at radius 2 is 2.11 bits per heavy atom. The first-order chi connectivity index (χ1) is 13.2. The van der Waals surface area contributed by atoms with Crippen LogP contribution < -0.4 is 19.7 Å². The molecule has 0 radical (unpaired) electrons. The third-order valence-electron chi connectivity index (χ3n) is 5.38. The molecule has 0 spiro atoms. The standard InChI is InChI=1S/C21H19N3O3/c1-26-13-6-7-18-17(11-13)24-16(8-9-27-18)20(25)19(21(24)22)15-10-12-4-2-3-5-14(12)23-15/h2-7,11,16,22-23H,8-10H2,1H3. The van der Waals surface area contributed by atoms with Crippen LogP contribution in [0.1, 0.15) is 12.0 Å². The first-order valence-corrected chi connectivity index (χ1v) is 8.98. The smallest absolute Gasteiger partial charge is 0.191 e. The number of ether oxygens (including phenoxy) is 2. The van der Waals surface area contributed by atoms with Crippen LogP contribution in [0.2, 0.25) is 0 Å². The Labute approximate surface area is 156 Å². The lowest BCUT2D eigenvalue weighted by Gasteiger charge is -2.23. The van der Waals surface area contributed by atoms with Crippen molar-refractivity contribution in [2.75, 3.05) is 23.9 Å². The maximum Gasteiger partial charge on any atom is 0.191 e. The molecule has 2 aromatic rings. The molecule has 0 aliphatic carbocycles. The summed E-state index contributed by atoms with van der Waals surface area (Å²) in [5, 5.41) is 12.1. The number of nitrogens with one attached hydrogen (secondary N) is 2. The van der Waals surface area contributed by atoms with E-state index >= 15 is 0 Å². The summed E-state index contributed by atoms with van der Waals surface area (Å²) in [5.41, 5.74) is 4.15. The zero-order valence-corrected chi connectivity index (χ0v) is 14.9. The molecule has 0 bridgehead atoms. The van der Waals surface area contributed by atoms with Crippen LogP contribution in [0.25, 0.3) is 0 Å². The van der Waals surface area contributed by atoms with Crippen molar-refractivity contribution in [1.82, 2.24) is 0 Å². The second kappa shape index (κ2) is 5.87. The van der Waals surface area contributed by atoms with Gasteiger partial charge in [-0.2, -0.15) is 0 Å². The molecule has 5 rings (SSSR count). The normalized spacial score (nSPS) is 23.1. The second-order valence-corrected chi connectivity index (χ2v) is 6.88. The maximum atomic E-state index is 13.2. The minimum Gasteiger partial charge on any atom is -0.497 e. The lowest BCUT2D eigenvalue weighted by molar-refractivity contribution is -0.115. The van der Waals surface area contributed by atoms with E-state index in [1.807, 2.05) is 42.5 Å². The van der Waals surface area contributed by atoms with Crippen LogP contribution in [0.4, 0.5) is 11.4 Å². The molecule has 0 aromatic heterocycles. The van der Waals surface area contributed by atoms with Gasteiger partial charge < -0.3 is 19.7 Å². The van der Waals surface area contributed by atoms with Crippen LogP contribution in [0.3, 0.4) is 0 Å². The average molecular weight is 361 g/mol. The summed E-state index contributed by atoms with van der Waals surface area (Å²) >= 11 is 0. The number of rotatable bonds is 1. The summed E-state index contributed by atoms with van der Waals surface area (Å²) in [5.74, 6) is 1.55. The SMILES string of the molecule is COc1ccc2c(c1)N1C(=N)C(=C3Cc4ccccc4N3)C(=O)C1CCO2. The molecule has 1 saturated heterocycles. The quantitative estimate of drug-likeness (QED) is 0.764. The number of para-hydroxylation sites is 1.